The first-order valence-electron chi connectivity index (χ1n) is 7.85. The molecule has 0 aliphatic carbocycles. The van der Waals surface area contributed by atoms with Gasteiger partial charge < -0.3 is 4.74 Å². The number of nitrogens with zero attached hydrogens (tertiary/aromatic N) is 3. The molecule has 6 heteroatoms. The van der Waals surface area contributed by atoms with Crippen LogP contribution in [0.25, 0.3) is 0 Å². The summed E-state index contributed by atoms with van der Waals surface area (Å²) in [4.78, 5) is 0. The Morgan fingerprint density at radius 2 is 2.00 bits per heavy atom. The van der Waals surface area contributed by atoms with Crippen LogP contribution in [-0.2, 0) is 0 Å². The Morgan fingerprint density at radius 1 is 1.28 bits per heavy atom. The van der Waals surface area contributed by atoms with Gasteiger partial charge in [0.1, 0.15) is 5.75 Å². The van der Waals surface area contributed by atoms with Crippen LogP contribution >= 0.6 is 23.2 Å². The molecule has 0 spiro atoms. The van der Waals surface area contributed by atoms with Crippen LogP contribution in [0.15, 0.2) is 47.6 Å². The molecule has 1 aliphatic rings. The quantitative estimate of drug-likeness (QED) is 0.721. The maximum absolute atomic E-state index is 9.89. The summed E-state index contributed by atoms with van der Waals surface area (Å²) in [5.41, 5.74) is 2.69. The number of hydrogen-bond donors (Lipinski definition) is 0. The molecule has 0 amide bonds. The zero-order valence-corrected chi connectivity index (χ0v) is 15.4. The minimum Gasteiger partial charge on any atom is -0.495 e. The van der Waals surface area contributed by atoms with Gasteiger partial charge in [-0.15, -0.1) is 0 Å². The largest absolute Gasteiger partial charge is 0.495 e. The van der Waals surface area contributed by atoms with Gasteiger partial charge in [-0.05, 0) is 24.6 Å². The molecule has 0 saturated heterocycles. The minimum absolute atomic E-state index is 0.0201. The van der Waals surface area contributed by atoms with E-state index in [-0.39, 0.29) is 6.04 Å². The fourth-order valence-corrected chi connectivity index (χ4v) is 3.72. The molecule has 1 aliphatic heterocycles. The molecule has 0 fully saturated rings. The van der Waals surface area contributed by atoms with Gasteiger partial charge in [0.05, 0.1) is 24.2 Å². The molecule has 2 aromatic carbocycles. The van der Waals surface area contributed by atoms with E-state index in [0.29, 0.717) is 21.4 Å². The van der Waals surface area contributed by atoms with Crippen molar-refractivity contribution < 1.29 is 4.74 Å². The molecule has 128 valence electrons. The molecule has 2 unspecified atom stereocenters. The van der Waals surface area contributed by atoms with E-state index < -0.39 is 6.04 Å². The van der Waals surface area contributed by atoms with Crippen molar-refractivity contribution in [1.29, 1.82) is 5.26 Å². The average Bonchev–Trinajstić information content (AvgIpc) is 2.98. The summed E-state index contributed by atoms with van der Waals surface area (Å²) in [7, 11) is 1.53. The second-order valence-electron chi connectivity index (χ2n) is 5.89. The Hall–Kier alpha value is -2.22. The summed E-state index contributed by atoms with van der Waals surface area (Å²) in [5.74, 6) is 0.448. The topological polar surface area (TPSA) is 48.6 Å². The molecule has 2 aromatic rings. The number of rotatable bonds is 4. The third-order valence-electron chi connectivity index (χ3n) is 4.20. The van der Waals surface area contributed by atoms with E-state index in [0.717, 1.165) is 17.7 Å². The number of hydrogen-bond acceptors (Lipinski definition) is 4. The molecular weight excluding hydrogens is 357 g/mol. The fourth-order valence-electron chi connectivity index (χ4n) is 3.13. The number of nitriles is 1. The van der Waals surface area contributed by atoms with Gasteiger partial charge in [0.15, 0.2) is 6.04 Å². The third-order valence-corrected chi connectivity index (χ3v) is 4.70. The van der Waals surface area contributed by atoms with Crippen molar-refractivity contribution in [3.05, 3.63) is 63.6 Å². The fraction of sp³-hybridized carbons (Fsp3) is 0.263. The maximum atomic E-state index is 9.89. The Morgan fingerprint density at radius 3 is 2.64 bits per heavy atom. The molecular formula is C19H17Cl2N3O. The number of benzene rings is 2. The van der Waals surface area contributed by atoms with Gasteiger partial charge in [-0.1, -0.05) is 53.5 Å². The van der Waals surface area contributed by atoms with Crippen LogP contribution in [0.1, 0.15) is 36.6 Å². The summed E-state index contributed by atoms with van der Waals surface area (Å²) in [6.07, 6.45) is 0.763. The highest BCUT2D eigenvalue weighted by atomic mass is 35.5. The maximum Gasteiger partial charge on any atom is 0.163 e. The van der Waals surface area contributed by atoms with Crippen molar-refractivity contribution in [2.75, 3.05) is 7.11 Å². The lowest BCUT2D eigenvalue weighted by Crippen LogP contribution is -2.24. The first-order chi connectivity index (χ1) is 12.0. The van der Waals surface area contributed by atoms with E-state index in [4.69, 9.17) is 27.9 Å². The SMILES string of the molecule is COc1c(Cl)cc(Cl)cc1C(C#N)N1N=C(C)CC1c1ccccc1. The lowest BCUT2D eigenvalue weighted by atomic mass is 9.99. The summed E-state index contributed by atoms with van der Waals surface area (Å²) in [6, 6.07) is 15.0. The molecule has 25 heavy (non-hydrogen) atoms. The van der Waals surface area contributed by atoms with Crippen LogP contribution in [0, 0.1) is 11.3 Å². The van der Waals surface area contributed by atoms with Crippen LogP contribution in [0.4, 0.5) is 0 Å². The molecule has 1 heterocycles. The van der Waals surface area contributed by atoms with Crippen LogP contribution in [0.3, 0.4) is 0 Å². The number of halogens is 2. The molecule has 2 atom stereocenters. The zero-order valence-electron chi connectivity index (χ0n) is 13.9. The highest BCUT2D eigenvalue weighted by Crippen LogP contribution is 2.43. The average molecular weight is 374 g/mol. The van der Waals surface area contributed by atoms with Gasteiger partial charge in [-0.25, -0.2) is 0 Å². The highest BCUT2D eigenvalue weighted by molar-refractivity contribution is 6.35. The molecule has 4 nitrogen and oxygen atoms in total. The van der Waals surface area contributed by atoms with Gasteiger partial charge in [-0.3, -0.25) is 5.01 Å². The van der Waals surface area contributed by atoms with Gasteiger partial charge in [0.2, 0.25) is 0 Å². The monoisotopic (exact) mass is 373 g/mol. The molecule has 0 bridgehead atoms. The Kier molecular flexibility index (Phi) is 5.17. The number of methoxy groups -OCH3 is 1. The Balaban J connectivity index is 2.07. The van der Waals surface area contributed by atoms with Crippen LogP contribution in [-0.4, -0.2) is 17.8 Å². The minimum atomic E-state index is -0.659. The van der Waals surface area contributed by atoms with E-state index in [1.807, 2.05) is 42.3 Å². The summed E-state index contributed by atoms with van der Waals surface area (Å²) >= 11 is 12.4. The lowest BCUT2D eigenvalue weighted by Gasteiger charge is -2.29. The van der Waals surface area contributed by atoms with Crippen molar-refractivity contribution in [2.24, 2.45) is 5.10 Å². The smallest absolute Gasteiger partial charge is 0.163 e. The Labute approximate surface area is 157 Å². The van der Waals surface area contributed by atoms with Gasteiger partial charge in [0, 0.05) is 22.7 Å². The second-order valence-corrected chi connectivity index (χ2v) is 6.73. The van der Waals surface area contributed by atoms with Crippen molar-refractivity contribution in [2.45, 2.75) is 25.4 Å². The van der Waals surface area contributed by atoms with Crippen molar-refractivity contribution in [1.82, 2.24) is 5.01 Å². The van der Waals surface area contributed by atoms with Crippen molar-refractivity contribution >= 4 is 28.9 Å². The van der Waals surface area contributed by atoms with Gasteiger partial charge >= 0.3 is 0 Å². The summed E-state index contributed by atoms with van der Waals surface area (Å²) in [5, 5.41) is 17.2. The standard InChI is InChI=1S/C19H17Cl2N3O/c1-12-8-17(13-6-4-3-5-7-13)24(23-12)18(11-22)15-9-14(20)10-16(21)19(15)25-2/h3-7,9-10,17-18H,8H2,1-2H3. The summed E-state index contributed by atoms with van der Waals surface area (Å²) in [6.45, 7) is 1.96. The van der Waals surface area contributed by atoms with Crippen molar-refractivity contribution in [3.8, 4) is 11.8 Å². The van der Waals surface area contributed by atoms with E-state index in [2.05, 4.69) is 11.2 Å². The van der Waals surface area contributed by atoms with Gasteiger partial charge in [0.25, 0.3) is 0 Å². The first-order valence-corrected chi connectivity index (χ1v) is 8.60. The number of ether oxygens (including phenoxy) is 1. The predicted molar refractivity (Wildman–Crippen MR) is 100 cm³/mol. The molecule has 0 aromatic heterocycles. The van der Waals surface area contributed by atoms with Gasteiger partial charge in [-0.2, -0.15) is 10.4 Å². The Bertz CT molecular complexity index is 846. The molecule has 0 N–H and O–H groups in total. The van der Waals surface area contributed by atoms with E-state index in [9.17, 15) is 5.26 Å². The van der Waals surface area contributed by atoms with Crippen molar-refractivity contribution in [3.63, 3.8) is 0 Å². The zero-order chi connectivity index (χ0) is 18.0. The number of hydrazone groups is 1. The predicted octanol–water partition coefficient (Wildman–Crippen LogP) is 5.39. The van der Waals surface area contributed by atoms with E-state index in [1.54, 1.807) is 12.1 Å². The van der Waals surface area contributed by atoms with Crippen LogP contribution in [0.5, 0.6) is 5.75 Å². The molecule has 3 rings (SSSR count). The third kappa shape index (κ3) is 3.44. The molecule has 0 radical (unpaired) electrons. The normalized spacial score (nSPS) is 17.8. The molecule has 0 saturated carbocycles. The first kappa shape index (κ1) is 17.6. The highest BCUT2D eigenvalue weighted by Gasteiger charge is 2.34. The van der Waals surface area contributed by atoms with E-state index in [1.165, 1.54) is 7.11 Å². The van der Waals surface area contributed by atoms with Crippen LogP contribution in [0.2, 0.25) is 10.0 Å². The van der Waals surface area contributed by atoms with E-state index >= 15 is 0 Å². The lowest BCUT2D eigenvalue weighted by molar-refractivity contribution is 0.193. The van der Waals surface area contributed by atoms with Crippen LogP contribution < -0.4 is 4.74 Å². The second kappa shape index (κ2) is 7.35. The summed E-state index contributed by atoms with van der Waals surface area (Å²) < 4.78 is 5.42.